The molecule has 0 unspecified atom stereocenters. The van der Waals surface area contributed by atoms with Gasteiger partial charge in [-0.2, -0.15) is 0 Å². The third-order valence-corrected chi connectivity index (χ3v) is 9.36. The lowest BCUT2D eigenvalue weighted by molar-refractivity contribution is 0.894. The quantitative estimate of drug-likeness (QED) is 0.201. The van der Waals surface area contributed by atoms with Gasteiger partial charge in [0.05, 0.1) is 0 Å². The summed E-state index contributed by atoms with van der Waals surface area (Å²) in [6.45, 7) is 2.21. The van der Waals surface area contributed by atoms with Gasteiger partial charge in [-0.1, -0.05) is 110 Å². The fourth-order valence-electron chi connectivity index (χ4n) is 6.09. The van der Waals surface area contributed by atoms with Gasteiger partial charge in [0.25, 0.3) is 0 Å². The molecule has 2 aliphatic heterocycles. The number of fused-ring (bicyclic) bond motifs is 20. The SMILES string of the molecule is CCCCSn1c2nc3nc(nc4[nH]c(nc5nc(nc1c1ccccc12)-c1ccccc1-5)c1ccccc41)-c1ccccc1-3. The van der Waals surface area contributed by atoms with Crippen LogP contribution in [0.1, 0.15) is 19.8 Å². The Morgan fingerprint density at radius 2 is 0.911 bits per heavy atom. The highest BCUT2D eigenvalue weighted by atomic mass is 32.2. The number of nitrogens with zero attached hydrogens (tertiary/aromatic N) is 7. The Kier molecular flexibility index (Phi) is 5.99. The van der Waals surface area contributed by atoms with Gasteiger partial charge in [-0.05, 0) is 18.4 Å². The molecule has 0 fully saturated rings. The molecule has 45 heavy (non-hydrogen) atoms. The fourth-order valence-corrected chi connectivity index (χ4v) is 7.21. The Morgan fingerprint density at radius 1 is 0.511 bits per heavy atom. The van der Waals surface area contributed by atoms with Crippen molar-refractivity contribution < 1.29 is 0 Å². The van der Waals surface area contributed by atoms with Crippen molar-refractivity contribution in [3.63, 3.8) is 0 Å². The third kappa shape index (κ3) is 4.15. The molecule has 8 bridgehead atoms. The third-order valence-electron chi connectivity index (χ3n) is 8.29. The average Bonchev–Trinajstić information content (AvgIpc) is 3.80. The summed E-state index contributed by atoms with van der Waals surface area (Å²) < 4.78 is 2.16. The Balaban J connectivity index is 1.50. The van der Waals surface area contributed by atoms with E-state index < -0.39 is 0 Å². The van der Waals surface area contributed by atoms with Crippen molar-refractivity contribution in [2.24, 2.45) is 0 Å². The van der Waals surface area contributed by atoms with Crippen molar-refractivity contribution in [1.29, 1.82) is 0 Å². The molecule has 0 aliphatic carbocycles. The highest BCUT2D eigenvalue weighted by molar-refractivity contribution is 7.98. The molecule has 7 aromatic rings. The van der Waals surface area contributed by atoms with Crippen molar-refractivity contribution >= 4 is 56.1 Å². The van der Waals surface area contributed by atoms with Crippen LogP contribution in [0.25, 0.3) is 89.7 Å². The normalized spacial score (nSPS) is 12.0. The molecule has 1 N–H and O–H groups in total. The maximum absolute atomic E-state index is 5.29. The van der Waals surface area contributed by atoms with Crippen LogP contribution in [-0.2, 0) is 0 Å². The first-order valence-electron chi connectivity index (χ1n) is 15.1. The van der Waals surface area contributed by atoms with Crippen molar-refractivity contribution in [3.8, 4) is 45.6 Å². The molecular weight excluding hydrogens is 577 g/mol. The maximum atomic E-state index is 5.29. The number of nitrogens with one attached hydrogen (secondary N) is 1. The van der Waals surface area contributed by atoms with Gasteiger partial charge in [0.1, 0.15) is 11.3 Å². The van der Waals surface area contributed by atoms with Crippen molar-refractivity contribution in [2.45, 2.75) is 19.8 Å². The predicted octanol–water partition coefficient (Wildman–Crippen LogP) is 8.64. The summed E-state index contributed by atoms with van der Waals surface area (Å²) >= 11 is 1.72. The predicted molar refractivity (Wildman–Crippen MR) is 182 cm³/mol. The van der Waals surface area contributed by atoms with Crippen LogP contribution in [-0.4, -0.2) is 44.6 Å². The van der Waals surface area contributed by atoms with E-state index in [1.54, 1.807) is 11.9 Å². The number of hydrogen-bond donors (Lipinski definition) is 1. The van der Waals surface area contributed by atoms with Crippen molar-refractivity contribution in [3.05, 3.63) is 97.1 Å². The molecule has 3 aromatic heterocycles. The van der Waals surface area contributed by atoms with E-state index in [1.165, 1.54) is 0 Å². The molecule has 9 rings (SSSR count). The molecule has 0 saturated carbocycles. The topological polar surface area (TPSA) is 98.1 Å². The molecule has 0 saturated heterocycles. The minimum Gasteiger partial charge on any atom is -0.324 e. The van der Waals surface area contributed by atoms with Crippen LogP contribution in [0.15, 0.2) is 97.1 Å². The summed E-state index contributed by atoms with van der Waals surface area (Å²) in [5, 5.41) is 3.94. The van der Waals surface area contributed by atoms with E-state index in [4.69, 9.17) is 29.9 Å². The Bertz CT molecular complexity index is 2310. The summed E-state index contributed by atoms with van der Waals surface area (Å²) in [6, 6.07) is 32.8. The molecule has 216 valence electrons. The summed E-state index contributed by atoms with van der Waals surface area (Å²) in [5.41, 5.74) is 6.78. The zero-order valence-electron chi connectivity index (χ0n) is 24.4. The van der Waals surface area contributed by atoms with E-state index in [0.29, 0.717) is 34.6 Å². The molecular formula is C36H26N8S. The van der Waals surface area contributed by atoms with Gasteiger partial charge in [0, 0.05) is 49.6 Å². The average molecular weight is 603 g/mol. The van der Waals surface area contributed by atoms with E-state index in [0.717, 1.165) is 73.7 Å². The van der Waals surface area contributed by atoms with Crippen LogP contribution >= 0.6 is 11.9 Å². The first-order chi connectivity index (χ1) is 22.3. The van der Waals surface area contributed by atoms with Gasteiger partial charge in [0.2, 0.25) is 0 Å². The standard InChI is InChI=1S/C36H26N8S/c1-2-3-20-45-44-35-27-18-10-11-19-28(27)36(44)43-34-26-17-9-7-15-24(26)32(41-34)39-30-22-13-5-4-12-21(22)29(37-30)38-31-23-14-6-8-16-25(23)33(40-31)42-35/h4-19H,2-3,20H2,1H3,(H,37,38,39,40,41,42,43). The molecule has 0 atom stereocenters. The lowest BCUT2D eigenvalue weighted by Gasteiger charge is -2.04. The van der Waals surface area contributed by atoms with Gasteiger partial charge >= 0.3 is 0 Å². The molecule has 0 radical (unpaired) electrons. The number of unbranched alkanes of at least 4 members (excludes halogenated alkanes) is 1. The monoisotopic (exact) mass is 602 g/mol. The van der Waals surface area contributed by atoms with E-state index in [9.17, 15) is 0 Å². The fraction of sp³-hybridized carbons (Fsp3) is 0.111. The second-order valence-electron chi connectivity index (χ2n) is 11.1. The first kappa shape index (κ1) is 26.0. The Hall–Kier alpha value is -5.41. The van der Waals surface area contributed by atoms with Crippen molar-refractivity contribution in [1.82, 2.24) is 38.9 Å². The highest BCUT2D eigenvalue weighted by Gasteiger charge is 2.23. The molecule has 0 spiro atoms. The van der Waals surface area contributed by atoms with Gasteiger partial charge in [-0.3, -0.25) is 3.97 Å². The largest absolute Gasteiger partial charge is 0.324 e. The molecule has 2 aliphatic rings. The van der Waals surface area contributed by atoms with Crippen LogP contribution in [0.2, 0.25) is 0 Å². The molecule has 5 heterocycles. The summed E-state index contributed by atoms with van der Waals surface area (Å²) in [6.07, 6.45) is 2.17. The molecule has 8 nitrogen and oxygen atoms in total. The second-order valence-corrected chi connectivity index (χ2v) is 12.1. The molecule has 9 heteroatoms. The van der Waals surface area contributed by atoms with Crippen LogP contribution in [0.4, 0.5) is 0 Å². The Morgan fingerprint density at radius 3 is 1.36 bits per heavy atom. The summed E-state index contributed by atoms with van der Waals surface area (Å²) in [4.78, 5) is 34.3. The zero-order chi connectivity index (χ0) is 29.9. The smallest absolute Gasteiger partial charge is 0.164 e. The van der Waals surface area contributed by atoms with E-state index in [-0.39, 0.29) is 0 Å². The van der Waals surface area contributed by atoms with Crippen molar-refractivity contribution in [2.75, 3.05) is 5.75 Å². The van der Waals surface area contributed by atoms with E-state index >= 15 is 0 Å². The second kappa shape index (κ2) is 10.3. The number of benzene rings is 4. The molecule has 4 aromatic carbocycles. The number of aromatic amines is 1. The summed E-state index contributed by atoms with van der Waals surface area (Å²) in [5.74, 6) is 3.40. The zero-order valence-corrected chi connectivity index (χ0v) is 25.2. The Labute approximate surface area is 262 Å². The minimum atomic E-state index is 0.611. The highest BCUT2D eigenvalue weighted by Crippen LogP contribution is 2.38. The number of hydrogen-bond acceptors (Lipinski definition) is 7. The van der Waals surface area contributed by atoms with Crippen LogP contribution in [0.3, 0.4) is 0 Å². The van der Waals surface area contributed by atoms with Crippen LogP contribution in [0.5, 0.6) is 0 Å². The van der Waals surface area contributed by atoms with Crippen LogP contribution < -0.4 is 0 Å². The van der Waals surface area contributed by atoms with E-state index in [2.05, 4.69) is 64.4 Å². The number of aromatic nitrogens is 8. The lowest BCUT2D eigenvalue weighted by Crippen LogP contribution is -1.94. The van der Waals surface area contributed by atoms with Gasteiger partial charge < -0.3 is 4.98 Å². The van der Waals surface area contributed by atoms with E-state index in [1.807, 2.05) is 48.5 Å². The van der Waals surface area contributed by atoms with Gasteiger partial charge in [0.15, 0.2) is 34.6 Å². The first-order valence-corrected chi connectivity index (χ1v) is 16.1. The summed E-state index contributed by atoms with van der Waals surface area (Å²) in [7, 11) is 0. The number of rotatable bonds is 4. The lowest BCUT2D eigenvalue weighted by atomic mass is 10.1. The maximum Gasteiger partial charge on any atom is 0.164 e. The molecule has 0 amide bonds. The van der Waals surface area contributed by atoms with Crippen LogP contribution in [0, 0.1) is 0 Å². The van der Waals surface area contributed by atoms with Gasteiger partial charge in [-0.15, -0.1) is 0 Å². The minimum absolute atomic E-state index is 0.611. The number of H-pyrrole nitrogens is 1. The van der Waals surface area contributed by atoms with Gasteiger partial charge in [-0.25, -0.2) is 29.9 Å².